The molecule has 0 amide bonds. The molecular weight excluding hydrogens is 302 g/mol. The summed E-state index contributed by atoms with van der Waals surface area (Å²) in [6.07, 6.45) is 4.65. The molecular formula is C18H21N5O. The number of benzene rings is 1. The molecule has 4 rings (SSSR count). The van der Waals surface area contributed by atoms with Crippen molar-refractivity contribution in [3.8, 4) is 0 Å². The van der Waals surface area contributed by atoms with Crippen LogP contribution in [0.1, 0.15) is 16.7 Å². The van der Waals surface area contributed by atoms with Crippen LogP contribution in [0.2, 0.25) is 0 Å². The van der Waals surface area contributed by atoms with Gasteiger partial charge in [-0.1, -0.05) is 30.3 Å². The molecule has 24 heavy (non-hydrogen) atoms. The predicted molar refractivity (Wildman–Crippen MR) is 92.8 cm³/mol. The summed E-state index contributed by atoms with van der Waals surface area (Å²) in [6, 6.07) is 10.6. The van der Waals surface area contributed by atoms with Gasteiger partial charge in [-0.15, -0.1) is 0 Å². The smallest absolute Gasteiger partial charge is 0.154 e. The van der Waals surface area contributed by atoms with E-state index in [1.165, 1.54) is 16.7 Å². The van der Waals surface area contributed by atoms with Crippen LogP contribution < -0.4 is 5.32 Å². The Kier molecular flexibility index (Phi) is 4.15. The van der Waals surface area contributed by atoms with Crippen molar-refractivity contribution in [2.24, 2.45) is 0 Å². The van der Waals surface area contributed by atoms with Gasteiger partial charge in [-0.05, 0) is 23.1 Å². The Morgan fingerprint density at radius 2 is 2.08 bits per heavy atom. The van der Waals surface area contributed by atoms with Gasteiger partial charge in [0.25, 0.3) is 0 Å². The molecule has 0 radical (unpaired) electrons. The highest BCUT2D eigenvalue weighted by molar-refractivity contribution is 5.74. The highest BCUT2D eigenvalue weighted by atomic mass is 16.3. The number of nitrogens with zero attached hydrogens (tertiary/aromatic N) is 4. The van der Waals surface area contributed by atoms with Crippen molar-refractivity contribution in [3.05, 3.63) is 59.5 Å². The lowest BCUT2D eigenvalue weighted by Crippen LogP contribution is -2.29. The van der Waals surface area contributed by atoms with E-state index in [0.29, 0.717) is 6.54 Å². The minimum Gasteiger partial charge on any atom is -0.395 e. The zero-order chi connectivity index (χ0) is 16.4. The summed E-state index contributed by atoms with van der Waals surface area (Å²) < 4.78 is 1.91. The second-order valence-electron chi connectivity index (χ2n) is 6.13. The van der Waals surface area contributed by atoms with Crippen LogP contribution in [-0.2, 0) is 19.5 Å². The van der Waals surface area contributed by atoms with Gasteiger partial charge in [0.15, 0.2) is 5.82 Å². The van der Waals surface area contributed by atoms with E-state index in [2.05, 4.69) is 56.8 Å². The molecule has 3 aromatic rings. The number of aliphatic hydroxyl groups is 1. The van der Waals surface area contributed by atoms with Crippen molar-refractivity contribution in [2.45, 2.75) is 19.5 Å². The molecule has 0 saturated heterocycles. The number of nitrogens with one attached hydrogen (secondary N) is 1. The Hall–Kier alpha value is -2.44. The first-order valence-corrected chi connectivity index (χ1v) is 8.30. The minimum absolute atomic E-state index is 0.0872. The van der Waals surface area contributed by atoms with Gasteiger partial charge in [0.1, 0.15) is 11.8 Å². The second-order valence-corrected chi connectivity index (χ2v) is 6.13. The summed E-state index contributed by atoms with van der Waals surface area (Å²) in [5, 5.41) is 16.6. The zero-order valence-corrected chi connectivity index (χ0v) is 13.5. The largest absolute Gasteiger partial charge is 0.395 e. The summed E-state index contributed by atoms with van der Waals surface area (Å²) in [7, 11) is 0. The Bertz CT molecular complexity index is 830. The molecule has 6 heteroatoms. The van der Waals surface area contributed by atoms with Crippen molar-refractivity contribution in [3.63, 3.8) is 0 Å². The maximum Gasteiger partial charge on any atom is 0.154 e. The molecule has 2 N–H and O–H groups in total. The van der Waals surface area contributed by atoms with Crippen LogP contribution in [0.25, 0.3) is 5.52 Å². The monoisotopic (exact) mass is 323 g/mol. The fourth-order valence-electron chi connectivity index (χ4n) is 3.41. The van der Waals surface area contributed by atoms with Gasteiger partial charge < -0.3 is 10.4 Å². The molecule has 0 saturated carbocycles. The molecule has 0 atom stereocenters. The highest BCUT2D eigenvalue weighted by Crippen LogP contribution is 2.28. The topological polar surface area (TPSA) is 65.7 Å². The van der Waals surface area contributed by atoms with Gasteiger partial charge in [0.05, 0.1) is 6.61 Å². The minimum atomic E-state index is 0.0872. The molecule has 1 aliphatic rings. The van der Waals surface area contributed by atoms with Crippen LogP contribution in [0.4, 0.5) is 5.82 Å². The van der Waals surface area contributed by atoms with E-state index < -0.39 is 0 Å². The lowest BCUT2D eigenvalue weighted by molar-refractivity contribution is 0.246. The molecule has 0 fully saturated rings. The van der Waals surface area contributed by atoms with E-state index in [9.17, 15) is 0 Å². The molecule has 0 bridgehead atoms. The molecule has 2 aromatic heterocycles. The Morgan fingerprint density at radius 1 is 1.21 bits per heavy atom. The summed E-state index contributed by atoms with van der Waals surface area (Å²) in [4.78, 5) is 6.81. The molecule has 3 heterocycles. The number of anilines is 1. The molecule has 124 valence electrons. The maximum atomic E-state index is 9.04. The lowest BCUT2D eigenvalue weighted by atomic mass is 10.0. The summed E-state index contributed by atoms with van der Waals surface area (Å²) >= 11 is 0. The molecule has 0 spiro atoms. The average molecular weight is 323 g/mol. The molecule has 0 aliphatic carbocycles. The van der Waals surface area contributed by atoms with E-state index in [1.807, 2.05) is 4.52 Å². The van der Waals surface area contributed by atoms with Crippen molar-refractivity contribution < 1.29 is 5.11 Å². The van der Waals surface area contributed by atoms with Gasteiger partial charge in [-0.25, -0.2) is 9.50 Å². The molecule has 0 unspecified atom stereocenters. The van der Waals surface area contributed by atoms with Crippen molar-refractivity contribution in [1.82, 2.24) is 19.5 Å². The van der Waals surface area contributed by atoms with E-state index in [-0.39, 0.29) is 6.61 Å². The number of aliphatic hydroxyl groups excluding tert-OH is 1. The van der Waals surface area contributed by atoms with Crippen LogP contribution in [-0.4, -0.2) is 44.3 Å². The maximum absolute atomic E-state index is 9.04. The summed E-state index contributed by atoms with van der Waals surface area (Å²) in [5.74, 6) is 0.803. The standard InChI is InChI=1S/C18H21N5O/c24-9-7-19-18-17-16-6-8-22(10-14-4-2-1-3-5-14)11-15(16)12-23(17)21-13-20-18/h1-5,12-13,24H,6-11H2,(H,19,20,21). The van der Waals surface area contributed by atoms with Gasteiger partial charge in [0.2, 0.25) is 0 Å². The molecule has 1 aliphatic heterocycles. The van der Waals surface area contributed by atoms with Crippen LogP contribution >= 0.6 is 0 Å². The molecule has 1 aromatic carbocycles. The quantitative estimate of drug-likeness (QED) is 0.748. The first-order chi connectivity index (χ1) is 11.8. The Morgan fingerprint density at radius 3 is 2.92 bits per heavy atom. The Labute approximate surface area is 140 Å². The van der Waals surface area contributed by atoms with Crippen LogP contribution in [0.15, 0.2) is 42.9 Å². The fourth-order valence-corrected chi connectivity index (χ4v) is 3.41. The number of hydrogen-bond acceptors (Lipinski definition) is 5. The predicted octanol–water partition coefficient (Wildman–Crippen LogP) is 1.69. The van der Waals surface area contributed by atoms with Crippen LogP contribution in [0.3, 0.4) is 0 Å². The van der Waals surface area contributed by atoms with Crippen LogP contribution in [0.5, 0.6) is 0 Å². The third-order valence-corrected chi connectivity index (χ3v) is 4.49. The first kappa shape index (κ1) is 15.1. The second kappa shape index (κ2) is 6.59. The number of rotatable bonds is 5. The van der Waals surface area contributed by atoms with Crippen LogP contribution in [0, 0.1) is 0 Å². The lowest BCUT2D eigenvalue weighted by Gasteiger charge is -2.27. The Balaban J connectivity index is 1.60. The first-order valence-electron chi connectivity index (χ1n) is 8.30. The van der Waals surface area contributed by atoms with Gasteiger partial charge in [-0.2, -0.15) is 5.10 Å². The number of aromatic nitrogens is 3. The highest BCUT2D eigenvalue weighted by Gasteiger charge is 2.22. The fraction of sp³-hybridized carbons (Fsp3) is 0.333. The van der Waals surface area contributed by atoms with Crippen molar-refractivity contribution in [1.29, 1.82) is 0 Å². The number of fused-ring (bicyclic) bond motifs is 3. The molecule has 6 nitrogen and oxygen atoms in total. The van der Waals surface area contributed by atoms with Gasteiger partial charge >= 0.3 is 0 Å². The zero-order valence-electron chi connectivity index (χ0n) is 13.5. The summed E-state index contributed by atoms with van der Waals surface area (Å²) in [6.45, 7) is 3.49. The van der Waals surface area contributed by atoms with Crippen molar-refractivity contribution in [2.75, 3.05) is 25.0 Å². The van der Waals surface area contributed by atoms with Gasteiger partial charge in [-0.3, -0.25) is 4.90 Å². The van der Waals surface area contributed by atoms with E-state index in [1.54, 1.807) is 6.33 Å². The third kappa shape index (κ3) is 2.86. The van der Waals surface area contributed by atoms with E-state index in [4.69, 9.17) is 5.11 Å². The summed E-state index contributed by atoms with van der Waals surface area (Å²) in [5.41, 5.74) is 5.01. The van der Waals surface area contributed by atoms with Crippen molar-refractivity contribution >= 4 is 11.3 Å². The normalized spacial score (nSPS) is 14.7. The van der Waals surface area contributed by atoms with Gasteiger partial charge in [0, 0.05) is 32.4 Å². The van der Waals surface area contributed by atoms with E-state index >= 15 is 0 Å². The third-order valence-electron chi connectivity index (χ3n) is 4.49. The number of hydrogen-bond donors (Lipinski definition) is 2. The SMILES string of the molecule is OCCNc1ncnn2cc3c(c12)CCN(Cc1ccccc1)C3. The van der Waals surface area contributed by atoms with E-state index in [0.717, 1.165) is 37.4 Å². The average Bonchev–Trinajstić information content (AvgIpc) is 2.99.